The maximum absolute atomic E-state index is 13.0. The molecule has 0 fully saturated rings. The van der Waals surface area contributed by atoms with Crippen molar-refractivity contribution in [3.63, 3.8) is 0 Å². The fraction of sp³-hybridized carbons (Fsp3) is 0.538. The maximum Gasteiger partial charge on any atom is 0.126 e. The van der Waals surface area contributed by atoms with Crippen LogP contribution in [0, 0.1) is 18.2 Å². The summed E-state index contributed by atoms with van der Waals surface area (Å²) in [4.78, 5) is 0. The van der Waals surface area contributed by atoms with E-state index in [0.29, 0.717) is 5.56 Å². The third kappa shape index (κ3) is 3.31. The standard InChI is InChI=1S/C13H20FN/c1-9-7-10(5-6-11(9)14)8-12(15)13(2,3)4/h5-7,12H,8,15H2,1-4H3. The van der Waals surface area contributed by atoms with E-state index in [0.717, 1.165) is 12.0 Å². The lowest BCUT2D eigenvalue weighted by Gasteiger charge is -2.27. The first-order valence-electron chi connectivity index (χ1n) is 5.31. The molecule has 2 heteroatoms. The number of rotatable bonds is 2. The molecule has 1 rings (SSSR count). The van der Waals surface area contributed by atoms with Crippen LogP contribution in [0.3, 0.4) is 0 Å². The lowest BCUT2D eigenvalue weighted by atomic mass is 9.83. The maximum atomic E-state index is 13.0. The molecule has 0 saturated carbocycles. The Kier molecular flexibility index (Phi) is 3.50. The van der Waals surface area contributed by atoms with Gasteiger partial charge in [0.25, 0.3) is 0 Å². The first-order valence-corrected chi connectivity index (χ1v) is 5.31. The molecular formula is C13H20FN. The normalized spacial score (nSPS) is 14.0. The molecule has 0 radical (unpaired) electrons. The van der Waals surface area contributed by atoms with E-state index in [1.165, 1.54) is 6.07 Å². The van der Waals surface area contributed by atoms with E-state index in [2.05, 4.69) is 20.8 Å². The highest BCUT2D eigenvalue weighted by molar-refractivity contribution is 5.24. The quantitative estimate of drug-likeness (QED) is 0.796. The Labute approximate surface area is 91.5 Å². The topological polar surface area (TPSA) is 26.0 Å². The minimum atomic E-state index is -0.150. The number of aryl methyl sites for hydroxylation is 1. The van der Waals surface area contributed by atoms with Gasteiger partial charge >= 0.3 is 0 Å². The second-order valence-electron chi connectivity index (χ2n) is 5.26. The van der Waals surface area contributed by atoms with Crippen molar-refractivity contribution in [2.24, 2.45) is 11.1 Å². The molecule has 0 aliphatic carbocycles. The van der Waals surface area contributed by atoms with Crippen LogP contribution in [-0.2, 0) is 6.42 Å². The molecule has 1 aromatic rings. The zero-order chi connectivity index (χ0) is 11.6. The van der Waals surface area contributed by atoms with Crippen LogP contribution in [0.1, 0.15) is 31.9 Å². The Balaban J connectivity index is 2.78. The van der Waals surface area contributed by atoms with Gasteiger partial charge in [-0.25, -0.2) is 4.39 Å². The van der Waals surface area contributed by atoms with Crippen molar-refractivity contribution in [2.75, 3.05) is 0 Å². The van der Waals surface area contributed by atoms with E-state index in [1.807, 2.05) is 12.1 Å². The summed E-state index contributed by atoms with van der Waals surface area (Å²) < 4.78 is 13.0. The van der Waals surface area contributed by atoms with Gasteiger partial charge in [0.2, 0.25) is 0 Å². The average molecular weight is 209 g/mol. The Bertz CT molecular complexity index is 339. The Hall–Kier alpha value is -0.890. The first kappa shape index (κ1) is 12.2. The van der Waals surface area contributed by atoms with Gasteiger partial charge in [0.15, 0.2) is 0 Å². The number of halogens is 1. The number of hydrogen-bond donors (Lipinski definition) is 1. The van der Waals surface area contributed by atoms with Crippen LogP contribution in [-0.4, -0.2) is 6.04 Å². The van der Waals surface area contributed by atoms with Crippen LogP contribution in [0.2, 0.25) is 0 Å². The summed E-state index contributed by atoms with van der Waals surface area (Å²) in [6.45, 7) is 8.14. The first-order chi connectivity index (χ1) is 6.80. The van der Waals surface area contributed by atoms with Gasteiger partial charge in [-0.1, -0.05) is 32.9 Å². The van der Waals surface area contributed by atoms with Gasteiger partial charge in [-0.15, -0.1) is 0 Å². The highest BCUT2D eigenvalue weighted by atomic mass is 19.1. The van der Waals surface area contributed by atoms with Gasteiger partial charge in [0.1, 0.15) is 5.82 Å². The molecule has 0 saturated heterocycles. The molecule has 0 bridgehead atoms. The van der Waals surface area contributed by atoms with Crippen molar-refractivity contribution in [2.45, 2.75) is 40.2 Å². The van der Waals surface area contributed by atoms with E-state index in [-0.39, 0.29) is 17.3 Å². The summed E-state index contributed by atoms with van der Waals surface area (Å²) in [5, 5.41) is 0. The largest absolute Gasteiger partial charge is 0.327 e. The zero-order valence-corrected chi connectivity index (χ0v) is 9.97. The van der Waals surface area contributed by atoms with Gasteiger partial charge in [0, 0.05) is 6.04 Å². The molecule has 1 nitrogen and oxygen atoms in total. The number of hydrogen-bond acceptors (Lipinski definition) is 1. The smallest absolute Gasteiger partial charge is 0.126 e. The molecule has 84 valence electrons. The zero-order valence-electron chi connectivity index (χ0n) is 9.97. The fourth-order valence-electron chi connectivity index (χ4n) is 1.39. The fourth-order valence-corrected chi connectivity index (χ4v) is 1.39. The van der Waals surface area contributed by atoms with Crippen molar-refractivity contribution >= 4 is 0 Å². The van der Waals surface area contributed by atoms with Gasteiger partial charge in [-0.2, -0.15) is 0 Å². The van der Waals surface area contributed by atoms with Crippen molar-refractivity contribution < 1.29 is 4.39 Å². The summed E-state index contributed by atoms with van der Waals surface area (Å²) in [5.74, 6) is -0.150. The lowest BCUT2D eigenvalue weighted by Crippen LogP contribution is -2.36. The predicted molar refractivity (Wildman–Crippen MR) is 62.3 cm³/mol. The highest BCUT2D eigenvalue weighted by Crippen LogP contribution is 2.21. The second kappa shape index (κ2) is 4.31. The van der Waals surface area contributed by atoms with Crippen LogP contribution >= 0.6 is 0 Å². The SMILES string of the molecule is Cc1cc(CC(N)C(C)(C)C)ccc1F. The van der Waals surface area contributed by atoms with Gasteiger partial charge in [0.05, 0.1) is 0 Å². The molecule has 0 aromatic heterocycles. The Morgan fingerprint density at radius 3 is 2.40 bits per heavy atom. The summed E-state index contributed by atoms with van der Waals surface area (Å²) in [5.41, 5.74) is 7.96. The minimum Gasteiger partial charge on any atom is -0.327 e. The third-order valence-corrected chi connectivity index (χ3v) is 2.79. The average Bonchev–Trinajstić information content (AvgIpc) is 2.10. The summed E-state index contributed by atoms with van der Waals surface area (Å²) in [6.07, 6.45) is 0.796. The predicted octanol–water partition coefficient (Wildman–Crippen LogP) is 3.05. The highest BCUT2D eigenvalue weighted by Gasteiger charge is 2.20. The molecule has 0 amide bonds. The third-order valence-electron chi connectivity index (χ3n) is 2.79. The summed E-state index contributed by atoms with van der Waals surface area (Å²) in [7, 11) is 0. The van der Waals surface area contributed by atoms with Crippen LogP contribution in [0.15, 0.2) is 18.2 Å². The summed E-state index contributed by atoms with van der Waals surface area (Å²) in [6, 6.07) is 5.30. The Morgan fingerprint density at radius 2 is 1.93 bits per heavy atom. The van der Waals surface area contributed by atoms with Gasteiger partial charge in [-0.3, -0.25) is 0 Å². The molecule has 0 aliphatic rings. The Morgan fingerprint density at radius 1 is 1.33 bits per heavy atom. The molecule has 1 aromatic carbocycles. The minimum absolute atomic E-state index is 0.0856. The van der Waals surface area contributed by atoms with E-state index in [9.17, 15) is 4.39 Å². The molecule has 15 heavy (non-hydrogen) atoms. The lowest BCUT2D eigenvalue weighted by molar-refractivity contribution is 0.318. The van der Waals surface area contributed by atoms with E-state index in [1.54, 1.807) is 6.92 Å². The van der Waals surface area contributed by atoms with Crippen molar-refractivity contribution in [1.29, 1.82) is 0 Å². The van der Waals surface area contributed by atoms with E-state index < -0.39 is 0 Å². The van der Waals surface area contributed by atoms with Gasteiger partial charge in [-0.05, 0) is 36.0 Å². The molecule has 1 unspecified atom stereocenters. The van der Waals surface area contributed by atoms with Crippen molar-refractivity contribution in [3.05, 3.63) is 35.1 Å². The summed E-state index contributed by atoms with van der Waals surface area (Å²) >= 11 is 0. The van der Waals surface area contributed by atoms with E-state index >= 15 is 0 Å². The molecule has 2 N–H and O–H groups in total. The molecular weight excluding hydrogens is 189 g/mol. The van der Waals surface area contributed by atoms with Crippen LogP contribution < -0.4 is 5.73 Å². The number of nitrogens with two attached hydrogens (primary N) is 1. The monoisotopic (exact) mass is 209 g/mol. The number of benzene rings is 1. The molecule has 0 heterocycles. The molecule has 0 spiro atoms. The van der Waals surface area contributed by atoms with Crippen LogP contribution in [0.4, 0.5) is 4.39 Å². The second-order valence-corrected chi connectivity index (χ2v) is 5.26. The molecule has 0 aliphatic heterocycles. The van der Waals surface area contributed by atoms with Crippen LogP contribution in [0.25, 0.3) is 0 Å². The van der Waals surface area contributed by atoms with Crippen molar-refractivity contribution in [3.8, 4) is 0 Å². The molecule has 1 atom stereocenters. The van der Waals surface area contributed by atoms with E-state index in [4.69, 9.17) is 5.73 Å². The van der Waals surface area contributed by atoms with Gasteiger partial charge < -0.3 is 5.73 Å². The van der Waals surface area contributed by atoms with Crippen molar-refractivity contribution in [1.82, 2.24) is 0 Å². The van der Waals surface area contributed by atoms with Crippen LogP contribution in [0.5, 0.6) is 0 Å².